The Balaban J connectivity index is 0.000000280. The second kappa shape index (κ2) is 10.2. The van der Waals surface area contributed by atoms with Crippen LogP contribution in [0.15, 0.2) is 58.3 Å². The Morgan fingerprint density at radius 3 is 1.32 bits per heavy atom. The molecule has 6 nitrogen and oxygen atoms in total. The molecule has 28 heavy (non-hydrogen) atoms. The Morgan fingerprint density at radius 2 is 1.07 bits per heavy atom. The van der Waals surface area contributed by atoms with Gasteiger partial charge in [0.1, 0.15) is 10.1 Å². The molecule has 1 N–H and O–H groups in total. The Hall–Kier alpha value is -1.74. The molecule has 0 amide bonds. The van der Waals surface area contributed by atoms with Crippen molar-refractivity contribution in [3.63, 3.8) is 0 Å². The minimum Gasteiger partial charge on any atom is -0.744 e. The van der Waals surface area contributed by atoms with Crippen LogP contribution in [-0.2, 0) is 20.2 Å². The van der Waals surface area contributed by atoms with Crippen LogP contribution in [0.25, 0.3) is 0 Å². The van der Waals surface area contributed by atoms with Crippen LogP contribution in [0.1, 0.15) is 63.5 Å². The van der Waals surface area contributed by atoms with Crippen LogP contribution in [0.3, 0.4) is 0 Å². The molecule has 2 atom stereocenters. The van der Waals surface area contributed by atoms with Crippen LogP contribution in [0, 0.1) is 0 Å². The maximum absolute atomic E-state index is 10.7. The van der Waals surface area contributed by atoms with Gasteiger partial charge in [0.25, 0.3) is 10.1 Å². The zero-order valence-electron chi connectivity index (χ0n) is 16.5. The number of hydrogen-bond donors (Lipinski definition) is 1. The molecule has 0 saturated heterocycles. The summed E-state index contributed by atoms with van der Waals surface area (Å²) in [5, 5.41) is 0. The molecule has 2 unspecified atom stereocenters. The molecule has 0 spiro atoms. The van der Waals surface area contributed by atoms with E-state index in [2.05, 4.69) is 27.7 Å². The zero-order valence-corrected chi connectivity index (χ0v) is 18.1. The molecule has 2 aromatic rings. The molecule has 2 rings (SSSR count). The predicted molar refractivity (Wildman–Crippen MR) is 108 cm³/mol. The summed E-state index contributed by atoms with van der Waals surface area (Å²) >= 11 is 0. The monoisotopic (exact) mass is 427 g/mol. The largest absolute Gasteiger partial charge is 0.744 e. The fourth-order valence-corrected chi connectivity index (χ4v) is 3.35. The molecule has 0 heterocycles. The molecule has 0 fully saturated rings. The lowest BCUT2D eigenvalue weighted by molar-refractivity contribution is 0.462. The van der Waals surface area contributed by atoms with E-state index in [4.69, 9.17) is 4.55 Å². The minimum absolute atomic E-state index is 0.0513. The van der Waals surface area contributed by atoms with Crippen molar-refractivity contribution in [2.45, 2.75) is 62.2 Å². The molecule has 0 aliphatic rings. The van der Waals surface area contributed by atoms with E-state index in [-0.39, 0.29) is 9.79 Å². The van der Waals surface area contributed by atoms with Gasteiger partial charge in [0, 0.05) is 0 Å². The third-order valence-corrected chi connectivity index (χ3v) is 6.43. The first-order valence-corrected chi connectivity index (χ1v) is 11.9. The van der Waals surface area contributed by atoms with E-state index in [0.717, 1.165) is 24.0 Å². The van der Waals surface area contributed by atoms with E-state index in [1.54, 1.807) is 24.3 Å². The van der Waals surface area contributed by atoms with Crippen LogP contribution in [0.4, 0.5) is 0 Å². The average molecular weight is 428 g/mol. The molecule has 0 radical (unpaired) electrons. The van der Waals surface area contributed by atoms with Crippen LogP contribution in [0.5, 0.6) is 0 Å². The molecule has 0 aromatic heterocycles. The van der Waals surface area contributed by atoms with E-state index in [0.29, 0.717) is 11.8 Å². The minimum atomic E-state index is -4.30. The van der Waals surface area contributed by atoms with Gasteiger partial charge in [-0.05, 0) is 60.1 Å². The smallest absolute Gasteiger partial charge is 0.294 e. The van der Waals surface area contributed by atoms with Gasteiger partial charge >= 0.3 is 0 Å². The summed E-state index contributed by atoms with van der Waals surface area (Å²) in [6.45, 7) is 8.26. The van der Waals surface area contributed by atoms with Crippen molar-refractivity contribution in [1.29, 1.82) is 0 Å². The standard InChI is InChI=1S/2C10H14O3S/c2*1-3-8(2)9-4-6-10(7-5-9)14(11,12)13/h2*4-8H,3H2,1-2H3,(H,11,12,13)/p-1. The molecular weight excluding hydrogens is 400 g/mol. The quantitative estimate of drug-likeness (QED) is 0.677. The van der Waals surface area contributed by atoms with Crippen molar-refractivity contribution in [2.75, 3.05) is 0 Å². The van der Waals surface area contributed by atoms with Crippen molar-refractivity contribution >= 4 is 20.2 Å². The highest BCUT2D eigenvalue weighted by atomic mass is 32.2. The van der Waals surface area contributed by atoms with E-state index >= 15 is 0 Å². The molecule has 0 saturated carbocycles. The molecule has 8 heteroatoms. The summed E-state index contributed by atoms with van der Waals surface area (Å²) in [5.74, 6) is 0.795. The zero-order chi connectivity index (χ0) is 21.5. The Labute approximate surface area is 168 Å². The van der Waals surface area contributed by atoms with Crippen molar-refractivity contribution in [3.8, 4) is 0 Å². The van der Waals surface area contributed by atoms with Crippen molar-refractivity contribution in [1.82, 2.24) is 0 Å². The summed E-state index contributed by atoms with van der Waals surface area (Å²) in [6.07, 6.45) is 1.99. The predicted octanol–water partition coefficient (Wildman–Crippen LogP) is 4.55. The van der Waals surface area contributed by atoms with Gasteiger partial charge in [0.2, 0.25) is 0 Å². The van der Waals surface area contributed by atoms with Crippen LogP contribution >= 0.6 is 0 Å². The molecule has 0 aliphatic heterocycles. The van der Waals surface area contributed by atoms with Gasteiger partial charge in [0.05, 0.1) is 9.79 Å². The maximum Gasteiger partial charge on any atom is 0.294 e. The van der Waals surface area contributed by atoms with Gasteiger partial charge in [-0.3, -0.25) is 4.55 Å². The summed E-state index contributed by atoms with van der Waals surface area (Å²) in [7, 11) is -8.35. The highest BCUT2D eigenvalue weighted by molar-refractivity contribution is 7.86. The summed E-state index contributed by atoms with van der Waals surface area (Å²) < 4.78 is 62.1. The van der Waals surface area contributed by atoms with Crippen LogP contribution in [0.2, 0.25) is 0 Å². The number of benzene rings is 2. The lowest BCUT2D eigenvalue weighted by Gasteiger charge is -2.11. The summed E-state index contributed by atoms with van der Waals surface area (Å²) in [5.41, 5.74) is 2.14. The fourth-order valence-electron chi connectivity index (χ4n) is 2.40. The lowest BCUT2D eigenvalue weighted by Crippen LogP contribution is -1.99. The molecule has 0 aliphatic carbocycles. The topological polar surface area (TPSA) is 112 Å². The SMILES string of the molecule is CCC(C)c1ccc(S(=O)(=O)O)cc1.CCC(C)c1ccc(S(=O)(=O)[O-])cc1. The first-order chi connectivity index (χ1) is 12.9. The Kier molecular flexibility index (Phi) is 8.81. The van der Waals surface area contributed by atoms with E-state index < -0.39 is 20.2 Å². The second-order valence-corrected chi connectivity index (χ2v) is 9.49. The van der Waals surface area contributed by atoms with Gasteiger partial charge in [-0.15, -0.1) is 0 Å². The molecule has 0 bridgehead atoms. The van der Waals surface area contributed by atoms with E-state index in [1.165, 1.54) is 24.3 Å². The summed E-state index contributed by atoms with van der Waals surface area (Å²) in [6, 6.07) is 12.4. The third-order valence-electron chi connectivity index (χ3n) is 4.71. The lowest BCUT2D eigenvalue weighted by atomic mass is 9.99. The average Bonchev–Trinajstić information content (AvgIpc) is 2.66. The fraction of sp³-hybridized carbons (Fsp3) is 0.400. The maximum atomic E-state index is 10.7. The summed E-state index contributed by atoms with van der Waals surface area (Å²) in [4.78, 5) is -0.214. The van der Waals surface area contributed by atoms with Crippen LogP contribution < -0.4 is 0 Å². The van der Waals surface area contributed by atoms with Gasteiger partial charge in [-0.1, -0.05) is 52.0 Å². The highest BCUT2D eigenvalue weighted by Gasteiger charge is 2.10. The first kappa shape index (κ1) is 24.3. The van der Waals surface area contributed by atoms with Crippen molar-refractivity contribution in [2.24, 2.45) is 0 Å². The third kappa shape index (κ3) is 7.35. The highest BCUT2D eigenvalue weighted by Crippen LogP contribution is 2.21. The van der Waals surface area contributed by atoms with Gasteiger partial charge in [-0.2, -0.15) is 8.42 Å². The van der Waals surface area contributed by atoms with Gasteiger partial charge in [0.15, 0.2) is 0 Å². The van der Waals surface area contributed by atoms with Gasteiger partial charge < -0.3 is 4.55 Å². The Bertz CT molecular complexity index is 865. The number of hydrogen-bond acceptors (Lipinski definition) is 5. The van der Waals surface area contributed by atoms with E-state index in [9.17, 15) is 21.4 Å². The van der Waals surface area contributed by atoms with E-state index in [1.807, 2.05) is 0 Å². The first-order valence-electron chi connectivity index (χ1n) is 9.03. The van der Waals surface area contributed by atoms with Crippen molar-refractivity contribution < 1.29 is 25.9 Å². The van der Waals surface area contributed by atoms with Gasteiger partial charge in [-0.25, -0.2) is 8.42 Å². The number of rotatable bonds is 6. The Morgan fingerprint density at radius 1 is 0.750 bits per heavy atom. The van der Waals surface area contributed by atoms with Crippen LogP contribution in [-0.4, -0.2) is 25.9 Å². The molecule has 156 valence electrons. The normalized spacial score (nSPS) is 13.9. The molecule has 2 aromatic carbocycles. The second-order valence-electron chi connectivity index (χ2n) is 6.69. The van der Waals surface area contributed by atoms with Crippen molar-refractivity contribution in [3.05, 3.63) is 59.7 Å². The molecular formula is C20H27O6S2-.